The summed E-state index contributed by atoms with van der Waals surface area (Å²) in [6, 6.07) is 26.5. The van der Waals surface area contributed by atoms with Gasteiger partial charge in [0, 0.05) is 42.4 Å². The predicted octanol–water partition coefficient (Wildman–Crippen LogP) is 7.92. The molecule has 2 bridgehead atoms. The Morgan fingerprint density at radius 3 is 2.29 bits per heavy atom. The number of hydrogen-bond acceptors (Lipinski definition) is 5. The average Bonchev–Trinajstić information content (AvgIpc) is 3.74. The lowest BCUT2D eigenvalue weighted by atomic mass is 9.51. The number of aliphatic hydroxyl groups excluding tert-OH is 1. The number of aliphatic hydroxyl groups is 1. The number of benzene rings is 3. The minimum absolute atomic E-state index is 0.0474. The Bertz CT molecular complexity index is 1630. The van der Waals surface area contributed by atoms with E-state index in [-0.39, 0.29) is 23.7 Å². The first kappa shape index (κ1) is 34.7. The summed E-state index contributed by atoms with van der Waals surface area (Å²) in [6.07, 6.45) is 15.5. The fourth-order valence-electron chi connectivity index (χ4n) is 10.7. The van der Waals surface area contributed by atoms with Crippen LogP contribution in [0.1, 0.15) is 99.3 Å². The molecular weight excluding hydrogens is 633 g/mol. The van der Waals surface area contributed by atoms with Crippen LogP contribution in [0.25, 0.3) is 0 Å². The summed E-state index contributed by atoms with van der Waals surface area (Å²) in [4.78, 5) is 19.4. The Hall–Kier alpha value is -3.35. The van der Waals surface area contributed by atoms with E-state index >= 15 is 0 Å². The molecule has 2 aliphatic heterocycles. The zero-order chi connectivity index (χ0) is 34.8. The number of carbonyl (C=O) groups excluding carboxylic acids is 1. The van der Waals surface area contributed by atoms with Gasteiger partial charge in [0.2, 0.25) is 5.91 Å². The van der Waals surface area contributed by atoms with E-state index in [4.69, 9.17) is 9.47 Å². The highest BCUT2D eigenvalue weighted by atomic mass is 16.5. The maximum absolute atomic E-state index is 14.4. The van der Waals surface area contributed by atoms with E-state index in [1.165, 1.54) is 41.5 Å². The van der Waals surface area contributed by atoms with Crippen LogP contribution in [0.3, 0.4) is 0 Å². The molecule has 3 aromatic carbocycles. The fourth-order valence-corrected chi connectivity index (χ4v) is 10.7. The molecule has 8 rings (SSSR count). The predicted molar refractivity (Wildman–Crippen MR) is 202 cm³/mol. The molecule has 3 aliphatic carbocycles. The van der Waals surface area contributed by atoms with E-state index in [1.807, 2.05) is 0 Å². The van der Waals surface area contributed by atoms with Crippen molar-refractivity contribution in [2.24, 2.45) is 11.8 Å². The van der Waals surface area contributed by atoms with Crippen molar-refractivity contribution in [2.45, 2.75) is 126 Å². The minimum Gasteiger partial charge on any atom is -0.493 e. The van der Waals surface area contributed by atoms with Gasteiger partial charge < -0.3 is 19.5 Å². The third kappa shape index (κ3) is 6.95. The zero-order valence-electron chi connectivity index (χ0n) is 30.7. The molecule has 5 aliphatic rings. The second-order valence-electron chi connectivity index (χ2n) is 16.3. The number of amides is 1. The average molecular weight is 691 g/mol. The van der Waals surface area contributed by atoms with Gasteiger partial charge in [-0.1, -0.05) is 86.0 Å². The molecule has 1 spiro atoms. The summed E-state index contributed by atoms with van der Waals surface area (Å²) >= 11 is 0. The molecule has 2 heterocycles. The van der Waals surface area contributed by atoms with Crippen molar-refractivity contribution >= 4 is 5.91 Å². The highest BCUT2D eigenvalue weighted by Crippen LogP contribution is 2.64. The summed E-state index contributed by atoms with van der Waals surface area (Å²) in [5.41, 5.74) is 5.50. The molecule has 2 unspecified atom stereocenters. The lowest BCUT2D eigenvalue weighted by Crippen LogP contribution is -2.69. The van der Waals surface area contributed by atoms with Crippen molar-refractivity contribution in [3.8, 4) is 11.5 Å². The van der Waals surface area contributed by atoms with Crippen molar-refractivity contribution in [3.05, 3.63) is 95.1 Å². The summed E-state index contributed by atoms with van der Waals surface area (Å²) in [5, 5.41) is 10.2. The smallest absolute Gasteiger partial charge is 0.222 e. The quantitative estimate of drug-likeness (QED) is 0.146. The van der Waals surface area contributed by atoms with Crippen LogP contribution < -0.4 is 9.47 Å². The molecule has 0 radical (unpaired) electrons. The van der Waals surface area contributed by atoms with Crippen LogP contribution >= 0.6 is 0 Å². The fraction of sp³-hybridized carbons (Fsp3) is 0.578. The molecule has 7 atom stereocenters. The highest BCUT2D eigenvalue weighted by molar-refractivity contribution is 5.77. The van der Waals surface area contributed by atoms with Crippen LogP contribution in [0.4, 0.5) is 0 Å². The molecule has 6 nitrogen and oxygen atoms in total. The number of nitrogens with zero attached hydrogens (tertiary/aromatic N) is 2. The van der Waals surface area contributed by atoms with Gasteiger partial charge in [0.1, 0.15) is 6.10 Å². The number of ether oxygens (including phenoxy) is 2. The summed E-state index contributed by atoms with van der Waals surface area (Å²) in [7, 11) is 1.76. The van der Waals surface area contributed by atoms with Crippen LogP contribution in [-0.4, -0.2) is 71.8 Å². The van der Waals surface area contributed by atoms with Crippen molar-refractivity contribution in [1.29, 1.82) is 0 Å². The maximum atomic E-state index is 14.4. The number of piperidine rings is 1. The molecule has 3 fully saturated rings. The van der Waals surface area contributed by atoms with Gasteiger partial charge in [0.15, 0.2) is 11.5 Å². The standard InChI is InChI=1S/C45H58N2O4/c1-50-40-25-22-34-29-38-36-23-24-37(44-45(36,42(34)43(40)51-44)26-28-46(38)31-35-30-39(35)48)47(27-14-13-20-33-18-10-6-11-19-33)41(49)21-12-4-2-3-7-15-32-16-8-5-9-17-32/h5-6,8-11,16-19,22,25,35-39,44,48H,2-4,7,12-15,20-21,23-24,26-31H2,1H3/t35?,36-,37-,38+,39?,44-,45-/m0/s1. The van der Waals surface area contributed by atoms with Gasteiger partial charge >= 0.3 is 0 Å². The molecule has 51 heavy (non-hydrogen) atoms. The van der Waals surface area contributed by atoms with E-state index in [9.17, 15) is 9.90 Å². The highest BCUT2D eigenvalue weighted by Gasteiger charge is 2.67. The molecule has 272 valence electrons. The summed E-state index contributed by atoms with van der Waals surface area (Å²) < 4.78 is 13.1. The van der Waals surface area contributed by atoms with Crippen molar-refractivity contribution < 1.29 is 19.4 Å². The van der Waals surface area contributed by atoms with E-state index in [1.54, 1.807) is 7.11 Å². The molecule has 1 saturated heterocycles. The lowest BCUT2D eigenvalue weighted by molar-refractivity contribution is -0.143. The van der Waals surface area contributed by atoms with Crippen molar-refractivity contribution in [3.63, 3.8) is 0 Å². The van der Waals surface area contributed by atoms with Gasteiger partial charge in [-0.05, 0) is 106 Å². The number of likely N-dealkylation sites (tertiary alicyclic amines) is 1. The molecular formula is C45H58N2O4. The third-order valence-electron chi connectivity index (χ3n) is 13.3. The Morgan fingerprint density at radius 1 is 0.902 bits per heavy atom. The Morgan fingerprint density at radius 2 is 1.59 bits per heavy atom. The summed E-state index contributed by atoms with van der Waals surface area (Å²) in [6.45, 7) is 2.83. The minimum atomic E-state index is -0.123. The van der Waals surface area contributed by atoms with E-state index in [0.29, 0.717) is 30.2 Å². The van der Waals surface area contributed by atoms with Crippen LogP contribution in [0.2, 0.25) is 0 Å². The Kier molecular flexibility index (Phi) is 10.4. The molecule has 0 aromatic heterocycles. The molecule has 1 N–H and O–H groups in total. The normalized spacial score (nSPS) is 28.5. The molecule has 1 amide bonds. The van der Waals surface area contributed by atoms with E-state index in [2.05, 4.69) is 82.6 Å². The van der Waals surface area contributed by atoms with E-state index < -0.39 is 0 Å². The van der Waals surface area contributed by atoms with E-state index in [0.717, 1.165) is 102 Å². The maximum Gasteiger partial charge on any atom is 0.222 e. The number of aryl methyl sites for hydroxylation is 2. The first-order chi connectivity index (χ1) is 25.1. The van der Waals surface area contributed by atoms with Crippen molar-refractivity contribution in [2.75, 3.05) is 26.7 Å². The van der Waals surface area contributed by atoms with Gasteiger partial charge in [0.05, 0.1) is 19.3 Å². The second-order valence-corrected chi connectivity index (χ2v) is 16.3. The van der Waals surface area contributed by atoms with Crippen LogP contribution in [-0.2, 0) is 29.5 Å². The largest absolute Gasteiger partial charge is 0.493 e. The third-order valence-corrected chi connectivity index (χ3v) is 13.3. The first-order valence-corrected chi connectivity index (χ1v) is 20.2. The monoisotopic (exact) mass is 690 g/mol. The zero-order valence-corrected chi connectivity index (χ0v) is 30.7. The lowest BCUT2D eigenvalue weighted by Gasteiger charge is -2.60. The SMILES string of the molecule is COc1ccc2c3c1O[C@H]1[C@@H](N(CCCCc4ccccc4)C(=O)CCCCCCCc4ccccc4)CC[C@H]4[C@@H](C2)N(CC2CC2O)CC[C@@]341. The van der Waals surface area contributed by atoms with Crippen LogP contribution in [0.15, 0.2) is 72.8 Å². The van der Waals surface area contributed by atoms with Gasteiger partial charge in [0.25, 0.3) is 0 Å². The number of rotatable bonds is 17. The first-order valence-electron chi connectivity index (χ1n) is 20.2. The molecule has 3 aromatic rings. The number of methoxy groups -OCH3 is 1. The van der Waals surface area contributed by atoms with Crippen molar-refractivity contribution in [1.82, 2.24) is 9.80 Å². The Balaban J connectivity index is 0.986. The van der Waals surface area contributed by atoms with Gasteiger partial charge in [-0.25, -0.2) is 0 Å². The number of hydrogen-bond donors (Lipinski definition) is 1. The van der Waals surface area contributed by atoms with Gasteiger partial charge in [-0.2, -0.15) is 0 Å². The number of carbonyl (C=O) groups is 1. The Labute approximate surface area is 305 Å². The van der Waals surface area contributed by atoms with Gasteiger partial charge in [-0.3, -0.25) is 9.69 Å². The number of unbranched alkanes of at least 4 members (excludes halogenated alkanes) is 5. The van der Waals surface area contributed by atoms with Crippen LogP contribution in [0.5, 0.6) is 11.5 Å². The molecule has 2 saturated carbocycles. The topological polar surface area (TPSA) is 62.2 Å². The van der Waals surface area contributed by atoms with Crippen LogP contribution in [0, 0.1) is 11.8 Å². The summed E-state index contributed by atoms with van der Waals surface area (Å²) in [5.74, 6) is 3.03. The second kappa shape index (κ2) is 15.3. The van der Waals surface area contributed by atoms with Gasteiger partial charge in [-0.15, -0.1) is 0 Å². The molecule has 6 heteroatoms.